The van der Waals surface area contributed by atoms with Crippen molar-refractivity contribution in [1.82, 2.24) is 0 Å². The highest BCUT2D eigenvalue weighted by atomic mass is 14.9. The number of benzene rings is 3. The highest BCUT2D eigenvalue weighted by Gasteiger charge is 2.23. The standard InChI is InChI=1S/C28H31N/c1-18(2)13-24-17-28(25-15-19(3)14-20(4)21(25)5)29-27-12-11-23(16-26(24)27)22-9-7-6-8-10-22/h6-12,14-18,28-29H,13H2,1-5H3. The lowest BCUT2D eigenvalue weighted by molar-refractivity contribution is 0.670. The lowest BCUT2D eigenvalue weighted by Crippen LogP contribution is -2.17. The molecule has 0 spiro atoms. The summed E-state index contributed by atoms with van der Waals surface area (Å²) in [5, 5.41) is 3.81. The van der Waals surface area contributed by atoms with Gasteiger partial charge < -0.3 is 5.32 Å². The van der Waals surface area contributed by atoms with Crippen LogP contribution in [0.25, 0.3) is 16.7 Å². The van der Waals surface area contributed by atoms with Crippen molar-refractivity contribution in [3.63, 3.8) is 0 Å². The van der Waals surface area contributed by atoms with Gasteiger partial charge in [-0.2, -0.15) is 0 Å². The van der Waals surface area contributed by atoms with Gasteiger partial charge >= 0.3 is 0 Å². The minimum absolute atomic E-state index is 0.220. The van der Waals surface area contributed by atoms with Crippen molar-refractivity contribution >= 4 is 11.3 Å². The summed E-state index contributed by atoms with van der Waals surface area (Å²) >= 11 is 0. The molecule has 3 aromatic carbocycles. The second kappa shape index (κ2) is 7.91. The summed E-state index contributed by atoms with van der Waals surface area (Å²) < 4.78 is 0. The van der Waals surface area contributed by atoms with Crippen LogP contribution in [-0.2, 0) is 0 Å². The van der Waals surface area contributed by atoms with Crippen LogP contribution in [0.2, 0.25) is 0 Å². The fourth-order valence-electron chi connectivity index (χ4n) is 4.43. The summed E-state index contributed by atoms with van der Waals surface area (Å²) in [6.07, 6.45) is 3.55. The molecule has 148 valence electrons. The average molecular weight is 382 g/mol. The van der Waals surface area contributed by atoms with E-state index in [9.17, 15) is 0 Å². The predicted octanol–water partition coefficient (Wildman–Crippen LogP) is 7.88. The molecule has 0 saturated heterocycles. The molecule has 1 unspecified atom stereocenters. The SMILES string of the molecule is Cc1cc(C)c(C)c(C2C=C(CC(C)C)c3cc(-c4ccccc4)ccc3N2)c1. The van der Waals surface area contributed by atoms with E-state index >= 15 is 0 Å². The number of hydrogen-bond donors (Lipinski definition) is 1. The topological polar surface area (TPSA) is 12.0 Å². The number of rotatable bonds is 4. The molecule has 29 heavy (non-hydrogen) atoms. The Morgan fingerprint density at radius 2 is 1.62 bits per heavy atom. The molecule has 0 saturated carbocycles. The number of fused-ring (bicyclic) bond motifs is 1. The van der Waals surface area contributed by atoms with Crippen molar-refractivity contribution in [2.24, 2.45) is 5.92 Å². The van der Waals surface area contributed by atoms with E-state index in [4.69, 9.17) is 0 Å². The molecule has 1 atom stereocenters. The van der Waals surface area contributed by atoms with Gasteiger partial charge in [0.25, 0.3) is 0 Å². The number of nitrogens with one attached hydrogen (secondary N) is 1. The lowest BCUT2D eigenvalue weighted by Gasteiger charge is -2.30. The molecule has 1 heteroatoms. The van der Waals surface area contributed by atoms with E-state index in [-0.39, 0.29) is 6.04 Å². The normalized spacial score (nSPS) is 15.7. The monoisotopic (exact) mass is 381 g/mol. The molecule has 0 radical (unpaired) electrons. The Kier molecular flexibility index (Phi) is 5.32. The van der Waals surface area contributed by atoms with Gasteiger partial charge in [-0.05, 0) is 78.6 Å². The minimum atomic E-state index is 0.220. The van der Waals surface area contributed by atoms with Crippen molar-refractivity contribution in [2.45, 2.75) is 47.1 Å². The van der Waals surface area contributed by atoms with Crippen LogP contribution in [0.4, 0.5) is 5.69 Å². The molecule has 0 amide bonds. The summed E-state index contributed by atoms with van der Waals surface area (Å²) in [7, 11) is 0. The van der Waals surface area contributed by atoms with Gasteiger partial charge in [-0.1, -0.05) is 74.0 Å². The molecule has 1 aliphatic heterocycles. The number of allylic oxidation sites excluding steroid dienone is 1. The largest absolute Gasteiger partial charge is 0.374 e. The number of anilines is 1. The van der Waals surface area contributed by atoms with Crippen molar-refractivity contribution in [2.75, 3.05) is 5.32 Å². The van der Waals surface area contributed by atoms with Gasteiger partial charge in [0.1, 0.15) is 0 Å². The molecule has 1 nitrogen and oxygen atoms in total. The highest BCUT2D eigenvalue weighted by Crippen LogP contribution is 2.41. The van der Waals surface area contributed by atoms with Gasteiger partial charge in [-0.3, -0.25) is 0 Å². The maximum Gasteiger partial charge on any atom is 0.0706 e. The van der Waals surface area contributed by atoms with Gasteiger partial charge in [0.2, 0.25) is 0 Å². The van der Waals surface area contributed by atoms with Gasteiger partial charge in [0.15, 0.2) is 0 Å². The third kappa shape index (κ3) is 4.00. The fraction of sp³-hybridized carbons (Fsp3) is 0.286. The third-order valence-corrected chi connectivity index (χ3v) is 5.97. The van der Waals surface area contributed by atoms with E-state index in [2.05, 4.69) is 107 Å². The molecule has 4 rings (SSSR count). The van der Waals surface area contributed by atoms with Crippen LogP contribution in [0.3, 0.4) is 0 Å². The number of hydrogen-bond acceptors (Lipinski definition) is 1. The maximum atomic E-state index is 3.81. The lowest BCUT2D eigenvalue weighted by atomic mass is 9.85. The van der Waals surface area contributed by atoms with E-state index in [1.165, 1.54) is 50.2 Å². The second-order valence-corrected chi connectivity index (χ2v) is 8.83. The van der Waals surface area contributed by atoms with E-state index in [0.717, 1.165) is 6.42 Å². The smallest absolute Gasteiger partial charge is 0.0706 e. The highest BCUT2D eigenvalue weighted by molar-refractivity contribution is 5.84. The van der Waals surface area contributed by atoms with Crippen LogP contribution in [-0.4, -0.2) is 0 Å². The zero-order valence-electron chi connectivity index (χ0n) is 18.2. The zero-order valence-corrected chi connectivity index (χ0v) is 18.2. The van der Waals surface area contributed by atoms with Gasteiger partial charge in [-0.25, -0.2) is 0 Å². The quantitative estimate of drug-likeness (QED) is 0.485. The fourth-order valence-corrected chi connectivity index (χ4v) is 4.43. The van der Waals surface area contributed by atoms with E-state index in [0.29, 0.717) is 5.92 Å². The second-order valence-electron chi connectivity index (χ2n) is 8.83. The van der Waals surface area contributed by atoms with Crippen LogP contribution >= 0.6 is 0 Å². The molecule has 1 aliphatic rings. The Morgan fingerprint density at radius 1 is 0.862 bits per heavy atom. The van der Waals surface area contributed by atoms with Crippen molar-refractivity contribution < 1.29 is 0 Å². The third-order valence-electron chi connectivity index (χ3n) is 5.97. The first-order valence-electron chi connectivity index (χ1n) is 10.7. The van der Waals surface area contributed by atoms with Crippen LogP contribution in [0.1, 0.15) is 54.1 Å². The summed E-state index contributed by atoms with van der Waals surface area (Å²) in [5.41, 5.74) is 12.1. The molecule has 0 aromatic heterocycles. The average Bonchev–Trinajstić information content (AvgIpc) is 2.70. The van der Waals surface area contributed by atoms with Gasteiger partial charge in [-0.15, -0.1) is 0 Å². The first-order chi connectivity index (χ1) is 13.9. The van der Waals surface area contributed by atoms with E-state index in [1.54, 1.807) is 0 Å². The van der Waals surface area contributed by atoms with Gasteiger partial charge in [0, 0.05) is 11.3 Å². The molecule has 0 bridgehead atoms. The summed E-state index contributed by atoms with van der Waals surface area (Å²) in [6, 6.07) is 22.4. The predicted molar refractivity (Wildman–Crippen MR) is 126 cm³/mol. The van der Waals surface area contributed by atoms with Crippen molar-refractivity contribution in [1.29, 1.82) is 0 Å². The van der Waals surface area contributed by atoms with Crippen molar-refractivity contribution in [3.05, 3.63) is 94.6 Å². The van der Waals surface area contributed by atoms with Crippen LogP contribution in [0.5, 0.6) is 0 Å². The minimum Gasteiger partial charge on any atom is -0.374 e. The molecular weight excluding hydrogens is 350 g/mol. The first kappa shape index (κ1) is 19.5. The summed E-state index contributed by atoms with van der Waals surface area (Å²) in [4.78, 5) is 0. The molecule has 1 N–H and O–H groups in total. The Labute approximate surface area is 175 Å². The first-order valence-corrected chi connectivity index (χ1v) is 10.7. The van der Waals surface area contributed by atoms with E-state index < -0.39 is 0 Å². The summed E-state index contributed by atoms with van der Waals surface area (Å²) in [5.74, 6) is 0.619. The van der Waals surface area contributed by atoms with Gasteiger partial charge in [0.05, 0.1) is 6.04 Å². The zero-order chi connectivity index (χ0) is 20.5. The number of aryl methyl sites for hydroxylation is 2. The molecule has 1 heterocycles. The Hall–Kier alpha value is -2.80. The Balaban J connectivity index is 1.80. The molecule has 0 aliphatic carbocycles. The maximum absolute atomic E-state index is 3.81. The molecule has 3 aromatic rings. The van der Waals surface area contributed by atoms with Crippen LogP contribution in [0, 0.1) is 26.7 Å². The Morgan fingerprint density at radius 3 is 2.34 bits per heavy atom. The van der Waals surface area contributed by atoms with Crippen molar-refractivity contribution in [3.8, 4) is 11.1 Å². The molecule has 0 fully saturated rings. The van der Waals surface area contributed by atoms with Crippen LogP contribution in [0.15, 0.2) is 66.7 Å². The Bertz CT molecular complexity index is 1060. The molecular formula is C28H31N. The van der Waals surface area contributed by atoms with Crippen LogP contribution < -0.4 is 5.32 Å². The summed E-state index contributed by atoms with van der Waals surface area (Å²) in [6.45, 7) is 11.3. The van der Waals surface area contributed by atoms with E-state index in [1.807, 2.05) is 0 Å².